The van der Waals surface area contributed by atoms with Gasteiger partial charge in [-0.1, -0.05) is 12.1 Å². The molecule has 88 valence electrons. The molecule has 0 bridgehead atoms. The summed E-state index contributed by atoms with van der Waals surface area (Å²) in [5, 5.41) is 3.34. The van der Waals surface area contributed by atoms with Crippen molar-refractivity contribution < 1.29 is 4.74 Å². The van der Waals surface area contributed by atoms with E-state index in [1.807, 2.05) is 19.1 Å². The van der Waals surface area contributed by atoms with Gasteiger partial charge in [-0.05, 0) is 31.5 Å². The summed E-state index contributed by atoms with van der Waals surface area (Å²) in [7, 11) is 0. The number of nitrogens with one attached hydrogen (secondary N) is 1. The highest BCUT2D eigenvalue weighted by molar-refractivity contribution is 5.32. The van der Waals surface area contributed by atoms with Crippen molar-refractivity contribution in [2.24, 2.45) is 5.73 Å². The minimum absolute atomic E-state index is 0.146. The fourth-order valence-corrected chi connectivity index (χ4v) is 2.30. The fraction of sp³-hybridized carbons (Fsp3) is 0.538. The van der Waals surface area contributed by atoms with Crippen molar-refractivity contribution in [2.75, 3.05) is 19.7 Å². The Morgan fingerprint density at radius 2 is 2.12 bits per heavy atom. The summed E-state index contributed by atoms with van der Waals surface area (Å²) in [6, 6.07) is 8.28. The molecule has 0 saturated carbocycles. The molecule has 1 fully saturated rings. The van der Waals surface area contributed by atoms with Gasteiger partial charge in [0, 0.05) is 24.5 Å². The van der Waals surface area contributed by atoms with Crippen LogP contribution in [0.3, 0.4) is 0 Å². The average molecular weight is 220 g/mol. The van der Waals surface area contributed by atoms with E-state index in [1.54, 1.807) is 0 Å². The smallest absolute Gasteiger partial charge is 0.119 e. The predicted octanol–water partition coefficient (Wildman–Crippen LogP) is 1.49. The van der Waals surface area contributed by atoms with Crippen LogP contribution in [0.1, 0.15) is 25.3 Å². The molecule has 1 heterocycles. The second-order valence-corrected chi connectivity index (χ2v) is 4.69. The highest BCUT2D eigenvalue weighted by Gasteiger charge is 2.35. The molecule has 1 aliphatic heterocycles. The lowest BCUT2D eigenvalue weighted by molar-refractivity contribution is 0.340. The quantitative estimate of drug-likeness (QED) is 0.811. The van der Waals surface area contributed by atoms with Gasteiger partial charge in [-0.2, -0.15) is 0 Å². The summed E-state index contributed by atoms with van der Waals surface area (Å²) in [6.07, 6.45) is 0. The summed E-state index contributed by atoms with van der Waals surface area (Å²) in [5.74, 6) is 1.32. The molecule has 1 aromatic rings. The summed E-state index contributed by atoms with van der Waals surface area (Å²) >= 11 is 0. The molecule has 0 amide bonds. The molecule has 3 N–H and O–H groups in total. The number of nitrogens with two attached hydrogens (primary N) is 1. The Kier molecular flexibility index (Phi) is 3.17. The van der Waals surface area contributed by atoms with Crippen LogP contribution in [0.5, 0.6) is 5.75 Å². The zero-order valence-electron chi connectivity index (χ0n) is 9.99. The van der Waals surface area contributed by atoms with Crippen LogP contribution < -0.4 is 15.8 Å². The third-order valence-electron chi connectivity index (χ3n) is 3.24. The van der Waals surface area contributed by atoms with Crippen LogP contribution in [-0.4, -0.2) is 25.2 Å². The van der Waals surface area contributed by atoms with Gasteiger partial charge in [0.2, 0.25) is 0 Å². The minimum Gasteiger partial charge on any atom is -0.494 e. The summed E-state index contributed by atoms with van der Waals surface area (Å²) in [6.45, 7) is 6.64. The lowest BCUT2D eigenvalue weighted by Crippen LogP contribution is -2.42. The number of rotatable bonds is 3. The molecule has 0 unspecified atom stereocenters. The molecule has 3 heteroatoms. The lowest BCUT2D eigenvalue weighted by Gasteiger charge is -2.26. The monoisotopic (exact) mass is 220 g/mol. The van der Waals surface area contributed by atoms with Gasteiger partial charge < -0.3 is 15.8 Å². The highest BCUT2D eigenvalue weighted by Crippen LogP contribution is 2.30. The molecule has 0 aliphatic carbocycles. The van der Waals surface area contributed by atoms with Gasteiger partial charge in [0.25, 0.3) is 0 Å². The van der Waals surface area contributed by atoms with E-state index >= 15 is 0 Å². The molecule has 0 radical (unpaired) electrons. The van der Waals surface area contributed by atoms with Gasteiger partial charge in [0.1, 0.15) is 5.75 Å². The lowest BCUT2D eigenvalue weighted by atomic mass is 9.84. The Labute approximate surface area is 97.0 Å². The summed E-state index contributed by atoms with van der Waals surface area (Å²) < 4.78 is 5.43. The largest absolute Gasteiger partial charge is 0.494 e. The second kappa shape index (κ2) is 4.44. The first-order valence-electron chi connectivity index (χ1n) is 5.86. The van der Waals surface area contributed by atoms with Crippen LogP contribution in [0.4, 0.5) is 0 Å². The van der Waals surface area contributed by atoms with E-state index in [1.165, 1.54) is 5.56 Å². The van der Waals surface area contributed by atoms with Gasteiger partial charge in [-0.15, -0.1) is 0 Å². The van der Waals surface area contributed by atoms with E-state index < -0.39 is 0 Å². The van der Waals surface area contributed by atoms with Crippen molar-refractivity contribution in [1.82, 2.24) is 5.32 Å². The number of hydrogen-bond donors (Lipinski definition) is 2. The molecule has 2 atom stereocenters. The Morgan fingerprint density at radius 1 is 1.44 bits per heavy atom. The van der Waals surface area contributed by atoms with Crippen molar-refractivity contribution in [3.8, 4) is 5.75 Å². The van der Waals surface area contributed by atoms with Crippen LogP contribution in [0, 0.1) is 0 Å². The Hall–Kier alpha value is -1.06. The van der Waals surface area contributed by atoms with Gasteiger partial charge in [0.05, 0.1) is 6.61 Å². The standard InChI is InChI=1S/C13H20N2O/c1-3-16-11-6-4-10(5-7-11)12-8-15-9-13(12,2)14/h4-7,12,15H,3,8-9,14H2,1-2H3/t12-,13+/m0/s1. The summed E-state index contributed by atoms with van der Waals surface area (Å²) in [5.41, 5.74) is 7.40. The highest BCUT2D eigenvalue weighted by atomic mass is 16.5. The molecule has 2 rings (SSSR count). The van der Waals surface area contributed by atoms with Crippen molar-refractivity contribution >= 4 is 0 Å². The summed E-state index contributed by atoms with van der Waals surface area (Å²) in [4.78, 5) is 0. The third kappa shape index (κ3) is 2.20. The van der Waals surface area contributed by atoms with E-state index in [2.05, 4.69) is 24.4 Å². The van der Waals surface area contributed by atoms with Crippen molar-refractivity contribution in [1.29, 1.82) is 0 Å². The maximum atomic E-state index is 6.26. The van der Waals surface area contributed by atoms with Crippen LogP contribution in [0.15, 0.2) is 24.3 Å². The van der Waals surface area contributed by atoms with Crippen LogP contribution in [0.2, 0.25) is 0 Å². The zero-order chi connectivity index (χ0) is 11.6. The molecule has 3 nitrogen and oxygen atoms in total. The Morgan fingerprint density at radius 3 is 2.62 bits per heavy atom. The van der Waals surface area contributed by atoms with E-state index in [-0.39, 0.29) is 5.54 Å². The Balaban J connectivity index is 2.15. The molecular weight excluding hydrogens is 200 g/mol. The predicted molar refractivity (Wildman–Crippen MR) is 65.8 cm³/mol. The third-order valence-corrected chi connectivity index (χ3v) is 3.24. The van der Waals surface area contributed by atoms with Crippen molar-refractivity contribution in [3.63, 3.8) is 0 Å². The first kappa shape index (κ1) is 11.4. The maximum Gasteiger partial charge on any atom is 0.119 e. The minimum atomic E-state index is -0.146. The fourth-order valence-electron chi connectivity index (χ4n) is 2.30. The second-order valence-electron chi connectivity index (χ2n) is 4.69. The Bertz CT molecular complexity index is 345. The van der Waals surface area contributed by atoms with Gasteiger partial charge in [0.15, 0.2) is 0 Å². The molecule has 1 aromatic carbocycles. The molecule has 0 spiro atoms. The molecule has 1 aliphatic rings. The van der Waals surface area contributed by atoms with Crippen LogP contribution in [0.25, 0.3) is 0 Å². The van der Waals surface area contributed by atoms with Crippen LogP contribution in [-0.2, 0) is 0 Å². The van der Waals surface area contributed by atoms with E-state index in [4.69, 9.17) is 10.5 Å². The zero-order valence-corrected chi connectivity index (χ0v) is 9.99. The molecule has 16 heavy (non-hydrogen) atoms. The van der Waals surface area contributed by atoms with Crippen LogP contribution >= 0.6 is 0 Å². The number of hydrogen-bond acceptors (Lipinski definition) is 3. The number of ether oxygens (including phenoxy) is 1. The SMILES string of the molecule is CCOc1ccc([C@@H]2CNC[C@@]2(C)N)cc1. The molecule has 1 saturated heterocycles. The van der Waals surface area contributed by atoms with E-state index in [0.717, 1.165) is 18.8 Å². The van der Waals surface area contributed by atoms with Crippen molar-refractivity contribution in [3.05, 3.63) is 29.8 Å². The van der Waals surface area contributed by atoms with Gasteiger partial charge in [-0.25, -0.2) is 0 Å². The van der Waals surface area contributed by atoms with E-state index in [0.29, 0.717) is 12.5 Å². The number of benzene rings is 1. The molecular formula is C13H20N2O. The molecule has 0 aromatic heterocycles. The first-order valence-corrected chi connectivity index (χ1v) is 5.86. The maximum absolute atomic E-state index is 6.26. The average Bonchev–Trinajstić information content (AvgIpc) is 2.60. The normalized spacial score (nSPS) is 29.3. The van der Waals surface area contributed by atoms with Gasteiger partial charge in [-0.3, -0.25) is 0 Å². The topological polar surface area (TPSA) is 47.3 Å². The van der Waals surface area contributed by atoms with Gasteiger partial charge >= 0.3 is 0 Å². The van der Waals surface area contributed by atoms with E-state index in [9.17, 15) is 0 Å². The van der Waals surface area contributed by atoms with Crippen molar-refractivity contribution in [2.45, 2.75) is 25.3 Å². The first-order chi connectivity index (χ1) is 7.63.